The third-order valence-electron chi connectivity index (χ3n) is 6.15. The molecule has 2 N–H and O–H groups in total. The highest BCUT2D eigenvalue weighted by molar-refractivity contribution is 7.80. The molecular formula is C28H25N3O3S. The fraction of sp³-hybridized carbons (Fsp3) is 0.143. The van der Waals surface area contributed by atoms with Gasteiger partial charge >= 0.3 is 0 Å². The Hall–Kier alpha value is -4.10. The summed E-state index contributed by atoms with van der Waals surface area (Å²) in [6.45, 7) is 0. The maximum atomic E-state index is 10.7. The summed E-state index contributed by atoms with van der Waals surface area (Å²) in [6, 6.07) is 27.1. The Morgan fingerprint density at radius 1 is 0.943 bits per heavy atom. The summed E-state index contributed by atoms with van der Waals surface area (Å²) in [7, 11) is 3.22. The number of hydrogen-bond acceptors (Lipinski definition) is 5. The lowest BCUT2D eigenvalue weighted by Gasteiger charge is -2.26. The van der Waals surface area contributed by atoms with E-state index >= 15 is 0 Å². The first kappa shape index (κ1) is 22.7. The molecule has 1 atom stereocenters. The second-order valence-corrected chi connectivity index (χ2v) is 8.58. The van der Waals surface area contributed by atoms with Gasteiger partial charge in [-0.05, 0) is 65.0 Å². The van der Waals surface area contributed by atoms with Gasteiger partial charge in [0.2, 0.25) is 0 Å². The summed E-state index contributed by atoms with van der Waals surface area (Å²) in [4.78, 5) is 0. The van der Waals surface area contributed by atoms with Gasteiger partial charge in [0.25, 0.3) is 0 Å². The summed E-state index contributed by atoms with van der Waals surface area (Å²) in [6.07, 6.45) is 0.548. The van der Waals surface area contributed by atoms with Crippen LogP contribution in [0.25, 0.3) is 10.8 Å². The molecule has 176 valence electrons. The van der Waals surface area contributed by atoms with Crippen LogP contribution in [-0.2, 0) is 0 Å². The number of thiocarbonyl (C=S) groups is 1. The van der Waals surface area contributed by atoms with E-state index in [0.29, 0.717) is 28.6 Å². The Kier molecular flexibility index (Phi) is 6.25. The first-order valence-corrected chi connectivity index (χ1v) is 11.7. The molecule has 1 aliphatic rings. The molecule has 35 heavy (non-hydrogen) atoms. The number of phenolic OH excluding ortho intramolecular Hbond substituents is 1. The number of nitrogens with one attached hydrogen (secondary N) is 1. The molecule has 0 aliphatic carbocycles. The van der Waals surface area contributed by atoms with E-state index in [1.165, 1.54) is 0 Å². The van der Waals surface area contributed by atoms with Crippen molar-refractivity contribution in [3.8, 4) is 17.2 Å². The summed E-state index contributed by atoms with van der Waals surface area (Å²) in [5.41, 5.74) is 3.22. The van der Waals surface area contributed by atoms with Gasteiger partial charge in [-0.1, -0.05) is 48.5 Å². The van der Waals surface area contributed by atoms with Crippen LogP contribution in [0, 0.1) is 0 Å². The van der Waals surface area contributed by atoms with Crippen LogP contribution < -0.4 is 14.8 Å². The molecule has 4 aromatic carbocycles. The molecule has 7 heteroatoms. The van der Waals surface area contributed by atoms with Crippen LogP contribution in [0.1, 0.15) is 23.6 Å². The molecule has 1 heterocycles. The van der Waals surface area contributed by atoms with Crippen molar-refractivity contribution in [1.29, 1.82) is 0 Å². The Morgan fingerprint density at radius 3 is 2.46 bits per heavy atom. The number of anilines is 1. The van der Waals surface area contributed by atoms with Crippen molar-refractivity contribution in [3.63, 3.8) is 0 Å². The van der Waals surface area contributed by atoms with E-state index in [9.17, 15) is 5.11 Å². The Labute approximate surface area is 209 Å². The Morgan fingerprint density at radius 2 is 1.69 bits per heavy atom. The largest absolute Gasteiger partial charge is 0.507 e. The quantitative estimate of drug-likeness (QED) is 0.334. The number of hydrogen-bond donors (Lipinski definition) is 2. The van der Waals surface area contributed by atoms with E-state index in [1.54, 1.807) is 26.4 Å². The number of methoxy groups -OCH3 is 2. The SMILES string of the molecule is COc1ccc(NC(=S)N2N=C(c3c(O)cccc3OC)CC2c2cccc3ccccc23)cc1. The van der Waals surface area contributed by atoms with Crippen LogP contribution >= 0.6 is 12.2 Å². The van der Waals surface area contributed by atoms with Gasteiger partial charge in [-0.3, -0.25) is 0 Å². The Balaban J connectivity index is 1.57. The highest BCUT2D eigenvalue weighted by Gasteiger charge is 2.34. The van der Waals surface area contributed by atoms with Crippen molar-refractivity contribution in [3.05, 3.63) is 96.1 Å². The van der Waals surface area contributed by atoms with Crippen LogP contribution in [-0.4, -0.2) is 35.2 Å². The maximum Gasteiger partial charge on any atom is 0.194 e. The summed E-state index contributed by atoms with van der Waals surface area (Å²) in [5.74, 6) is 1.45. The first-order valence-electron chi connectivity index (χ1n) is 11.2. The molecule has 0 amide bonds. The molecule has 0 fully saturated rings. The van der Waals surface area contributed by atoms with Crippen molar-refractivity contribution in [1.82, 2.24) is 5.01 Å². The van der Waals surface area contributed by atoms with E-state index in [0.717, 1.165) is 27.8 Å². The molecular weight excluding hydrogens is 458 g/mol. The van der Waals surface area contributed by atoms with Gasteiger partial charge < -0.3 is 19.9 Å². The van der Waals surface area contributed by atoms with E-state index in [1.807, 2.05) is 53.5 Å². The smallest absolute Gasteiger partial charge is 0.194 e. The van der Waals surface area contributed by atoms with Crippen LogP contribution in [0.3, 0.4) is 0 Å². The standard InChI is InChI=1S/C28H25N3O3S/c1-33-20-15-13-19(14-16-20)29-28(35)31-24(22-10-5-8-18-7-3-4-9-21(18)22)17-23(30-31)27-25(32)11-6-12-26(27)34-2/h3-16,24,32H,17H2,1-2H3,(H,29,35). The van der Waals surface area contributed by atoms with Crippen molar-refractivity contribution in [2.45, 2.75) is 12.5 Å². The second kappa shape index (κ2) is 9.64. The van der Waals surface area contributed by atoms with Gasteiger partial charge in [-0.2, -0.15) is 5.10 Å². The molecule has 0 aromatic heterocycles. The molecule has 1 unspecified atom stereocenters. The van der Waals surface area contributed by atoms with Crippen LogP contribution in [0.2, 0.25) is 0 Å². The lowest BCUT2D eigenvalue weighted by molar-refractivity contribution is 0.377. The van der Waals surface area contributed by atoms with Gasteiger partial charge in [-0.25, -0.2) is 5.01 Å². The van der Waals surface area contributed by atoms with E-state index in [2.05, 4.69) is 29.6 Å². The maximum absolute atomic E-state index is 10.7. The van der Waals surface area contributed by atoms with Crippen LogP contribution in [0.4, 0.5) is 5.69 Å². The van der Waals surface area contributed by atoms with Crippen molar-refractivity contribution < 1.29 is 14.6 Å². The minimum absolute atomic E-state index is 0.121. The van der Waals surface area contributed by atoms with Crippen molar-refractivity contribution in [2.24, 2.45) is 5.10 Å². The summed E-state index contributed by atoms with van der Waals surface area (Å²) in [5, 5.41) is 23.4. The normalized spacial score (nSPS) is 15.1. The fourth-order valence-corrected chi connectivity index (χ4v) is 4.75. The van der Waals surface area contributed by atoms with Gasteiger partial charge in [0.05, 0.1) is 31.5 Å². The minimum Gasteiger partial charge on any atom is -0.507 e. The number of phenols is 1. The number of aromatic hydroxyl groups is 1. The zero-order valence-corrected chi connectivity index (χ0v) is 20.3. The molecule has 0 spiro atoms. The molecule has 0 saturated carbocycles. The van der Waals surface area contributed by atoms with Crippen LogP contribution in [0.15, 0.2) is 90.0 Å². The highest BCUT2D eigenvalue weighted by Crippen LogP contribution is 2.40. The molecule has 0 bridgehead atoms. The third-order valence-corrected chi connectivity index (χ3v) is 6.44. The topological polar surface area (TPSA) is 66.3 Å². The molecule has 6 nitrogen and oxygen atoms in total. The van der Waals surface area contributed by atoms with E-state index < -0.39 is 0 Å². The summed E-state index contributed by atoms with van der Waals surface area (Å²) >= 11 is 5.84. The number of benzene rings is 4. The highest BCUT2D eigenvalue weighted by atomic mass is 32.1. The van der Waals surface area contributed by atoms with Gasteiger partial charge in [0, 0.05) is 12.1 Å². The predicted octanol–water partition coefficient (Wildman–Crippen LogP) is 6.11. The molecule has 1 aliphatic heterocycles. The Bertz CT molecular complexity index is 1410. The van der Waals surface area contributed by atoms with Crippen LogP contribution in [0.5, 0.6) is 17.2 Å². The van der Waals surface area contributed by atoms with E-state index in [4.69, 9.17) is 26.8 Å². The number of nitrogens with zero attached hydrogens (tertiary/aromatic N) is 2. The molecule has 0 radical (unpaired) electrons. The molecule has 0 saturated heterocycles. The fourth-order valence-electron chi connectivity index (χ4n) is 4.47. The van der Waals surface area contributed by atoms with Gasteiger partial charge in [-0.15, -0.1) is 0 Å². The predicted molar refractivity (Wildman–Crippen MR) is 144 cm³/mol. The molecule has 4 aromatic rings. The monoisotopic (exact) mass is 483 g/mol. The van der Waals surface area contributed by atoms with E-state index in [-0.39, 0.29) is 11.8 Å². The lowest BCUT2D eigenvalue weighted by atomic mass is 9.93. The third kappa shape index (κ3) is 4.38. The first-order chi connectivity index (χ1) is 17.1. The second-order valence-electron chi connectivity index (χ2n) is 8.19. The minimum atomic E-state index is -0.168. The summed E-state index contributed by atoms with van der Waals surface area (Å²) < 4.78 is 10.8. The zero-order valence-electron chi connectivity index (χ0n) is 19.4. The zero-order chi connectivity index (χ0) is 24.4. The average molecular weight is 484 g/mol. The van der Waals surface area contributed by atoms with Crippen molar-refractivity contribution in [2.75, 3.05) is 19.5 Å². The molecule has 5 rings (SSSR count). The number of rotatable bonds is 5. The number of ether oxygens (including phenoxy) is 2. The van der Waals surface area contributed by atoms with Crippen molar-refractivity contribution >= 4 is 39.5 Å². The number of fused-ring (bicyclic) bond motifs is 1. The average Bonchev–Trinajstić information content (AvgIpc) is 3.33. The van der Waals surface area contributed by atoms with Gasteiger partial charge in [0.15, 0.2) is 5.11 Å². The number of hydrazone groups is 1. The van der Waals surface area contributed by atoms with Gasteiger partial charge in [0.1, 0.15) is 17.2 Å². The lowest BCUT2D eigenvalue weighted by Crippen LogP contribution is -2.31.